The van der Waals surface area contributed by atoms with Gasteiger partial charge in [-0.25, -0.2) is 0 Å². The van der Waals surface area contributed by atoms with E-state index in [-0.39, 0.29) is 23.4 Å². The molecule has 0 atom stereocenters. The Bertz CT molecular complexity index is 1290. The molecule has 0 saturated carbocycles. The largest absolute Gasteiger partial charge is 0.495 e. The molecule has 1 saturated heterocycles. The molecule has 2 heterocycles. The minimum atomic E-state index is -0.492. The van der Waals surface area contributed by atoms with Gasteiger partial charge in [-0.05, 0) is 61.0 Å². The molecule has 0 aliphatic carbocycles. The number of ether oxygens (including phenoxy) is 1. The van der Waals surface area contributed by atoms with Crippen molar-refractivity contribution in [1.29, 1.82) is 0 Å². The highest BCUT2D eigenvalue weighted by Gasteiger charge is 2.35. The van der Waals surface area contributed by atoms with Gasteiger partial charge in [0.15, 0.2) is 0 Å². The number of rotatable bonds is 6. The molecule has 1 aliphatic heterocycles. The van der Waals surface area contributed by atoms with Gasteiger partial charge in [-0.15, -0.1) is 0 Å². The molecule has 2 aromatic carbocycles. The minimum absolute atomic E-state index is 0.0433. The molecule has 0 N–H and O–H groups in total. The maximum atomic E-state index is 13.0. The Hall–Kier alpha value is -3.85. The number of non-ortho nitro benzene ring substituents is 1. The van der Waals surface area contributed by atoms with Gasteiger partial charge >= 0.3 is 0 Å². The van der Waals surface area contributed by atoms with Crippen LogP contribution in [-0.2, 0) is 11.3 Å². The lowest BCUT2D eigenvalue weighted by atomic mass is 10.2. The molecule has 168 valence electrons. The van der Waals surface area contributed by atoms with Crippen molar-refractivity contribution < 1.29 is 19.2 Å². The fourth-order valence-electron chi connectivity index (χ4n) is 3.80. The quantitative estimate of drug-likeness (QED) is 0.282. The van der Waals surface area contributed by atoms with Crippen LogP contribution < -0.4 is 4.74 Å². The van der Waals surface area contributed by atoms with E-state index in [0.29, 0.717) is 10.5 Å². The molecular formula is C24H21N3O5S. The molecule has 1 aromatic heterocycles. The third kappa shape index (κ3) is 4.27. The maximum Gasteiger partial charge on any atom is 0.293 e. The zero-order valence-electron chi connectivity index (χ0n) is 18.3. The number of carbonyl (C=O) groups excluding carboxylic acids is 2. The highest BCUT2D eigenvalue weighted by Crippen LogP contribution is 2.35. The number of aryl methyl sites for hydroxylation is 1. The van der Waals surface area contributed by atoms with E-state index in [1.54, 1.807) is 25.3 Å². The van der Waals surface area contributed by atoms with Crippen molar-refractivity contribution >= 4 is 34.7 Å². The summed E-state index contributed by atoms with van der Waals surface area (Å²) >= 11 is 0.888. The van der Waals surface area contributed by atoms with Crippen LogP contribution in [0.5, 0.6) is 5.75 Å². The number of methoxy groups -OCH3 is 1. The van der Waals surface area contributed by atoms with Crippen LogP contribution in [-0.4, -0.2) is 32.6 Å². The first-order chi connectivity index (χ1) is 15.8. The average molecular weight is 464 g/mol. The third-order valence-electron chi connectivity index (χ3n) is 5.44. The number of hydrogen-bond acceptors (Lipinski definition) is 6. The highest BCUT2D eigenvalue weighted by molar-refractivity contribution is 8.18. The highest BCUT2D eigenvalue weighted by atomic mass is 32.2. The van der Waals surface area contributed by atoms with Crippen molar-refractivity contribution in [3.05, 3.63) is 92.1 Å². The molecule has 0 unspecified atom stereocenters. The number of aromatic nitrogens is 1. The number of nitro benzene ring substituents is 1. The lowest BCUT2D eigenvalue weighted by Crippen LogP contribution is -2.27. The van der Waals surface area contributed by atoms with Gasteiger partial charge in [0.1, 0.15) is 5.75 Å². The van der Waals surface area contributed by atoms with Crippen LogP contribution in [0.15, 0.2) is 59.5 Å². The van der Waals surface area contributed by atoms with Crippen LogP contribution in [0.2, 0.25) is 0 Å². The van der Waals surface area contributed by atoms with Crippen molar-refractivity contribution in [2.24, 2.45) is 0 Å². The summed E-state index contributed by atoms with van der Waals surface area (Å²) in [6.07, 6.45) is 1.73. The Labute approximate surface area is 194 Å². The van der Waals surface area contributed by atoms with Crippen LogP contribution in [0.25, 0.3) is 11.8 Å². The van der Waals surface area contributed by atoms with Gasteiger partial charge in [-0.1, -0.05) is 24.3 Å². The smallest absolute Gasteiger partial charge is 0.293 e. The van der Waals surface area contributed by atoms with Gasteiger partial charge in [-0.3, -0.25) is 24.6 Å². The number of imide groups is 1. The van der Waals surface area contributed by atoms with E-state index in [9.17, 15) is 19.7 Å². The topological polar surface area (TPSA) is 94.7 Å². The zero-order chi connectivity index (χ0) is 23.7. The number of nitro groups is 1. The zero-order valence-corrected chi connectivity index (χ0v) is 19.1. The predicted octanol–water partition coefficient (Wildman–Crippen LogP) is 5.25. The van der Waals surface area contributed by atoms with Gasteiger partial charge in [0, 0.05) is 23.5 Å². The van der Waals surface area contributed by atoms with Crippen molar-refractivity contribution in [1.82, 2.24) is 9.47 Å². The fourth-order valence-corrected chi connectivity index (χ4v) is 4.63. The van der Waals surface area contributed by atoms with E-state index in [1.807, 2.05) is 48.7 Å². The number of para-hydroxylation sites is 2. The molecule has 2 amide bonds. The van der Waals surface area contributed by atoms with E-state index in [0.717, 1.165) is 45.1 Å². The van der Waals surface area contributed by atoms with Gasteiger partial charge in [0.2, 0.25) is 0 Å². The first-order valence-electron chi connectivity index (χ1n) is 10.1. The molecular weight excluding hydrogens is 442 g/mol. The predicted molar refractivity (Wildman–Crippen MR) is 126 cm³/mol. The summed E-state index contributed by atoms with van der Waals surface area (Å²) in [4.78, 5) is 37.3. The first-order valence-corrected chi connectivity index (χ1v) is 10.9. The van der Waals surface area contributed by atoms with Crippen molar-refractivity contribution in [2.45, 2.75) is 20.4 Å². The molecule has 4 rings (SSSR count). The second-order valence-corrected chi connectivity index (χ2v) is 8.52. The van der Waals surface area contributed by atoms with E-state index in [1.165, 1.54) is 12.1 Å². The van der Waals surface area contributed by atoms with Gasteiger partial charge in [0.25, 0.3) is 16.8 Å². The Balaban J connectivity index is 1.61. The van der Waals surface area contributed by atoms with Gasteiger partial charge in [0.05, 0.1) is 29.2 Å². The van der Waals surface area contributed by atoms with Gasteiger partial charge in [-0.2, -0.15) is 0 Å². The van der Waals surface area contributed by atoms with Crippen molar-refractivity contribution in [3.63, 3.8) is 0 Å². The van der Waals surface area contributed by atoms with Crippen LogP contribution in [0.3, 0.4) is 0 Å². The Kier molecular flexibility index (Phi) is 6.06. The van der Waals surface area contributed by atoms with Crippen molar-refractivity contribution in [3.8, 4) is 11.4 Å². The average Bonchev–Trinajstić information content (AvgIpc) is 3.23. The van der Waals surface area contributed by atoms with Gasteiger partial charge < -0.3 is 9.30 Å². The first kappa shape index (κ1) is 22.3. The number of carbonyl (C=O) groups is 2. The number of nitrogens with zero attached hydrogens (tertiary/aromatic N) is 3. The van der Waals surface area contributed by atoms with Crippen LogP contribution >= 0.6 is 11.8 Å². The lowest BCUT2D eigenvalue weighted by Gasteiger charge is -2.13. The third-order valence-corrected chi connectivity index (χ3v) is 6.35. The second kappa shape index (κ2) is 8.95. The lowest BCUT2D eigenvalue weighted by molar-refractivity contribution is -0.384. The molecule has 1 aliphatic rings. The SMILES string of the molecule is COc1ccccc1-n1c(C)cc(/C=C2\SC(=O)N(Cc3ccc([N+](=O)[O-])cc3)C2=O)c1C. The van der Waals surface area contributed by atoms with Crippen LogP contribution in [0, 0.1) is 24.0 Å². The molecule has 0 bridgehead atoms. The summed E-state index contributed by atoms with van der Waals surface area (Å²) < 4.78 is 7.54. The summed E-state index contributed by atoms with van der Waals surface area (Å²) in [7, 11) is 1.62. The summed E-state index contributed by atoms with van der Waals surface area (Å²) in [5.41, 5.74) is 4.20. The molecule has 8 nitrogen and oxygen atoms in total. The second-order valence-electron chi connectivity index (χ2n) is 7.53. The molecule has 0 radical (unpaired) electrons. The van der Waals surface area contributed by atoms with E-state index < -0.39 is 4.92 Å². The normalized spacial score (nSPS) is 14.9. The molecule has 3 aromatic rings. The standard InChI is InChI=1S/C24H21N3O5S/c1-15-12-18(16(2)26(15)20-6-4-5-7-21(20)32-3)13-22-23(28)25(24(29)33-22)14-17-8-10-19(11-9-17)27(30)31/h4-13H,14H2,1-3H3/b22-13-. The molecule has 33 heavy (non-hydrogen) atoms. The number of amides is 2. The minimum Gasteiger partial charge on any atom is -0.495 e. The Morgan fingerprint density at radius 3 is 2.45 bits per heavy atom. The summed E-state index contributed by atoms with van der Waals surface area (Å²) in [6, 6.07) is 15.5. The van der Waals surface area contributed by atoms with Crippen molar-refractivity contribution in [2.75, 3.05) is 7.11 Å². The summed E-state index contributed by atoms with van der Waals surface area (Å²) in [5.74, 6) is 0.347. The number of benzene rings is 2. The van der Waals surface area contributed by atoms with Crippen LogP contribution in [0.4, 0.5) is 10.5 Å². The number of hydrogen-bond donors (Lipinski definition) is 0. The molecule has 0 spiro atoms. The summed E-state index contributed by atoms with van der Waals surface area (Å²) in [5, 5.41) is 10.5. The monoisotopic (exact) mass is 463 g/mol. The Morgan fingerprint density at radius 1 is 1.09 bits per heavy atom. The Morgan fingerprint density at radius 2 is 1.79 bits per heavy atom. The van der Waals surface area contributed by atoms with Crippen LogP contribution in [0.1, 0.15) is 22.5 Å². The molecule has 9 heteroatoms. The fraction of sp³-hybridized carbons (Fsp3) is 0.167. The summed E-state index contributed by atoms with van der Waals surface area (Å²) in [6.45, 7) is 3.98. The van der Waals surface area contributed by atoms with E-state index in [4.69, 9.17) is 4.74 Å². The number of thioether (sulfide) groups is 1. The molecule has 1 fully saturated rings. The maximum absolute atomic E-state index is 13.0. The van der Waals surface area contributed by atoms with E-state index in [2.05, 4.69) is 0 Å². The van der Waals surface area contributed by atoms with E-state index >= 15 is 0 Å².